The molecule has 0 saturated heterocycles. The van der Waals surface area contributed by atoms with Crippen molar-refractivity contribution in [2.75, 3.05) is 6.61 Å². The van der Waals surface area contributed by atoms with Gasteiger partial charge in [-0.05, 0) is 26.0 Å². The summed E-state index contributed by atoms with van der Waals surface area (Å²) in [6.45, 7) is 3.67. The van der Waals surface area contributed by atoms with Crippen LogP contribution in [0.5, 0.6) is 0 Å². The topological polar surface area (TPSA) is 69.7 Å². The third kappa shape index (κ3) is 1.63. The number of aryl methyl sites for hydroxylation is 1. The molecule has 0 aliphatic heterocycles. The van der Waals surface area contributed by atoms with Crippen molar-refractivity contribution in [2.45, 2.75) is 13.8 Å². The summed E-state index contributed by atoms with van der Waals surface area (Å²) in [7, 11) is 0. The SMILES string of the molecule is CCOC(=O)C(=O)c1c2ccoc2c(C)c2ccoc12. The average molecular weight is 272 g/mol. The first-order chi connectivity index (χ1) is 9.65. The van der Waals surface area contributed by atoms with Crippen molar-refractivity contribution in [1.82, 2.24) is 0 Å². The number of Topliss-reactive ketones (excluding diaryl/α,β-unsaturated/α-hetero) is 1. The Hall–Kier alpha value is -2.56. The molecule has 0 spiro atoms. The van der Waals surface area contributed by atoms with Crippen LogP contribution in [0.15, 0.2) is 33.5 Å². The fourth-order valence-corrected chi connectivity index (χ4v) is 2.36. The molecule has 5 heteroatoms. The summed E-state index contributed by atoms with van der Waals surface area (Å²) < 4.78 is 15.6. The smallest absolute Gasteiger partial charge is 0.379 e. The van der Waals surface area contributed by atoms with Crippen molar-refractivity contribution in [3.63, 3.8) is 0 Å². The Kier molecular flexibility index (Phi) is 2.82. The maximum Gasteiger partial charge on any atom is 0.379 e. The molecule has 0 aliphatic rings. The van der Waals surface area contributed by atoms with E-state index in [2.05, 4.69) is 0 Å². The normalized spacial score (nSPS) is 11.1. The number of hydrogen-bond acceptors (Lipinski definition) is 5. The Balaban J connectivity index is 2.34. The minimum absolute atomic E-state index is 0.145. The van der Waals surface area contributed by atoms with Crippen molar-refractivity contribution in [3.8, 4) is 0 Å². The van der Waals surface area contributed by atoms with E-state index in [0.29, 0.717) is 16.6 Å². The molecule has 1 aromatic carbocycles. The summed E-state index contributed by atoms with van der Waals surface area (Å²) in [5.74, 6) is -1.62. The van der Waals surface area contributed by atoms with Crippen LogP contribution in [-0.4, -0.2) is 18.4 Å². The number of carbonyl (C=O) groups excluding carboxylic acids is 2. The fraction of sp³-hybridized carbons (Fsp3) is 0.200. The summed E-state index contributed by atoms with van der Waals surface area (Å²) in [5.41, 5.74) is 2.02. The van der Waals surface area contributed by atoms with Gasteiger partial charge in [0.25, 0.3) is 5.78 Å². The van der Waals surface area contributed by atoms with Gasteiger partial charge in [0, 0.05) is 16.3 Å². The summed E-state index contributed by atoms with van der Waals surface area (Å²) >= 11 is 0. The number of ketones is 1. The Bertz CT molecular complexity index is 770. The van der Waals surface area contributed by atoms with Crippen LogP contribution in [0.1, 0.15) is 22.8 Å². The van der Waals surface area contributed by atoms with Crippen LogP contribution in [0.25, 0.3) is 21.9 Å². The molecule has 0 atom stereocenters. The lowest BCUT2D eigenvalue weighted by Crippen LogP contribution is -2.18. The molecule has 0 unspecified atom stereocenters. The maximum atomic E-state index is 12.3. The van der Waals surface area contributed by atoms with Crippen LogP contribution in [0.2, 0.25) is 0 Å². The van der Waals surface area contributed by atoms with Gasteiger partial charge >= 0.3 is 5.97 Å². The summed E-state index contributed by atoms with van der Waals surface area (Å²) in [5, 5.41) is 1.31. The highest BCUT2D eigenvalue weighted by Crippen LogP contribution is 2.34. The molecule has 3 rings (SSSR count). The number of rotatable bonds is 3. The Morgan fingerprint density at radius 1 is 1.10 bits per heavy atom. The zero-order valence-electron chi connectivity index (χ0n) is 11.1. The molecule has 0 saturated carbocycles. The lowest BCUT2D eigenvalue weighted by Gasteiger charge is -2.05. The first-order valence-electron chi connectivity index (χ1n) is 6.23. The van der Waals surface area contributed by atoms with Crippen LogP contribution in [-0.2, 0) is 9.53 Å². The molecule has 0 radical (unpaired) electrons. The number of furan rings is 2. The Morgan fingerprint density at radius 3 is 2.45 bits per heavy atom. The quantitative estimate of drug-likeness (QED) is 0.416. The summed E-state index contributed by atoms with van der Waals surface area (Å²) in [6.07, 6.45) is 2.97. The molecule has 102 valence electrons. The molecule has 5 nitrogen and oxygen atoms in total. The van der Waals surface area contributed by atoms with Gasteiger partial charge in [-0.1, -0.05) is 0 Å². The third-order valence-corrected chi connectivity index (χ3v) is 3.26. The lowest BCUT2D eigenvalue weighted by molar-refractivity contribution is -0.137. The van der Waals surface area contributed by atoms with Crippen molar-refractivity contribution >= 4 is 33.7 Å². The summed E-state index contributed by atoms with van der Waals surface area (Å²) in [6, 6.07) is 3.39. The van der Waals surface area contributed by atoms with Crippen LogP contribution in [0.3, 0.4) is 0 Å². The van der Waals surface area contributed by atoms with Crippen LogP contribution in [0, 0.1) is 6.92 Å². The fourth-order valence-electron chi connectivity index (χ4n) is 2.36. The minimum Gasteiger partial charge on any atom is -0.464 e. The molecule has 0 N–H and O–H groups in total. The second kappa shape index (κ2) is 4.52. The van der Waals surface area contributed by atoms with E-state index in [-0.39, 0.29) is 12.2 Å². The molecule has 0 aliphatic carbocycles. The maximum absolute atomic E-state index is 12.3. The Morgan fingerprint density at radius 2 is 1.75 bits per heavy atom. The van der Waals surface area contributed by atoms with E-state index < -0.39 is 11.8 Å². The van der Waals surface area contributed by atoms with Crippen LogP contribution < -0.4 is 0 Å². The van der Waals surface area contributed by atoms with Gasteiger partial charge in [-0.15, -0.1) is 0 Å². The number of hydrogen-bond donors (Lipinski definition) is 0. The standard InChI is InChI=1S/C15H12O5/c1-3-18-15(17)12(16)11-10-5-7-19-13(10)8(2)9-4-6-20-14(9)11/h4-7H,3H2,1-2H3. The first-order valence-corrected chi connectivity index (χ1v) is 6.23. The summed E-state index contributed by atoms with van der Waals surface area (Å²) in [4.78, 5) is 24.0. The highest BCUT2D eigenvalue weighted by molar-refractivity contribution is 6.45. The van der Waals surface area contributed by atoms with Gasteiger partial charge in [-0.3, -0.25) is 4.79 Å². The van der Waals surface area contributed by atoms with Crippen molar-refractivity contribution in [2.24, 2.45) is 0 Å². The molecule has 0 amide bonds. The number of carbonyl (C=O) groups is 2. The van der Waals surface area contributed by atoms with Gasteiger partial charge in [0.1, 0.15) is 11.2 Å². The van der Waals surface area contributed by atoms with E-state index in [4.69, 9.17) is 13.6 Å². The predicted octanol–water partition coefficient (Wildman–Crippen LogP) is 3.23. The molecular formula is C15H12O5. The lowest BCUT2D eigenvalue weighted by atomic mass is 9.99. The molecule has 20 heavy (non-hydrogen) atoms. The average Bonchev–Trinajstić information content (AvgIpc) is 3.07. The second-order valence-corrected chi connectivity index (χ2v) is 4.38. The first kappa shape index (κ1) is 12.5. The van der Waals surface area contributed by atoms with Gasteiger partial charge in [0.15, 0.2) is 0 Å². The highest BCUT2D eigenvalue weighted by Gasteiger charge is 2.27. The highest BCUT2D eigenvalue weighted by atomic mass is 16.5. The Labute approximate surface area is 114 Å². The molecular weight excluding hydrogens is 260 g/mol. The van der Waals surface area contributed by atoms with E-state index in [1.807, 2.05) is 6.92 Å². The van der Waals surface area contributed by atoms with E-state index in [0.717, 1.165) is 10.9 Å². The van der Waals surface area contributed by atoms with Gasteiger partial charge < -0.3 is 13.6 Å². The van der Waals surface area contributed by atoms with Gasteiger partial charge in [0.05, 0.1) is 24.7 Å². The van der Waals surface area contributed by atoms with E-state index in [9.17, 15) is 9.59 Å². The number of esters is 1. The van der Waals surface area contributed by atoms with E-state index in [1.54, 1.807) is 19.1 Å². The van der Waals surface area contributed by atoms with Crippen molar-refractivity contribution in [3.05, 3.63) is 35.8 Å². The minimum atomic E-state index is -0.892. The van der Waals surface area contributed by atoms with Crippen molar-refractivity contribution in [1.29, 1.82) is 0 Å². The number of ether oxygens (including phenoxy) is 1. The third-order valence-electron chi connectivity index (χ3n) is 3.26. The number of fused-ring (bicyclic) bond motifs is 2. The van der Waals surface area contributed by atoms with Crippen LogP contribution in [0.4, 0.5) is 0 Å². The zero-order chi connectivity index (χ0) is 14.3. The van der Waals surface area contributed by atoms with E-state index in [1.165, 1.54) is 12.5 Å². The number of benzene rings is 1. The van der Waals surface area contributed by atoms with Gasteiger partial charge in [-0.25, -0.2) is 4.79 Å². The van der Waals surface area contributed by atoms with E-state index >= 15 is 0 Å². The molecule has 0 bridgehead atoms. The van der Waals surface area contributed by atoms with Gasteiger partial charge in [-0.2, -0.15) is 0 Å². The zero-order valence-corrected chi connectivity index (χ0v) is 11.1. The molecule has 2 aromatic heterocycles. The molecule has 3 aromatic rings. The molecule has 2 heterocycles. The largest absolute Gasteiger partial charge is 0.464 e. The van der Waals surface area contributed by atoms with Crippen LogP contribution >= 0.6 is 0 Å². The molecule has 0 fully saturated rings. The van der Waals surface area contributed by atoms with Crippen molar-refractivity contribution < 1.29 is 23.2 Å². The second-order valence-electron chi connectivity index (χ2n) is 4.38. The monoisotopic (exact) mass is 272 g/mol. The van der Waals surface area contributed by atoms with Gasteiger partial charge in [0.2, 0.25) is 0 Å². The predicted molar refractivity (Wildman–Crippen MR) is 71.7 cm³/mol.